The van der Waals surface area contributed by atoms with Crippen LogP contribution < -0.4 is 0 Å². The number of nitriles is 1. The van der Waals surface area contributed by atoms with E-state index >= 15 is 0 Å². The van der Waals surface area contributed by atoms with Gasteiger partial charge >= 0.3 is 0 Å². The number of halogens is 1. The van der Waals surface area contributed by atoms with Crippen molar-refractivity contribution in [2.45, 2.75) is 6.42 Å². The van der Waals surface area contributed by atoms with Crippen molar-refractivity contribution in [3.63, 3.8) is 0 Å². The summed E-state index contributed by atoms with van der Waals surface area (Å²) < 4.78 is 6.45. The molecule has 1 aromatic carbocycles. The fourth-order valence-electron chi connectivity index (χ4n) is 1.09. The topological polar surface area (TPSA) is 49.8 Å². The van der Waals surface area contributed by atoms with Crippen LogP contribution in [-0.4, -0.2) is 4.98 Å². The Kier molecular flexibility index (Phi) is 2.19. The van der Waals surface area contributed by atoms with Gasteiger partial charge in [-0.25, -0.2) is 4.98 Å². The van der Waals surface area contributed by atoms with Crippen molar-refractivity contribution in [2.24, 2.45) is 0 Å². The average molecular weight is 284 g/mol. The monoisotopic (exact) mass is 284 g/mol. The van der Waals surface area contributed by atoms with Crippen molar-refractivity contribution in [3.05, 3.63) is 27.7 Å². The summed E-state index contributed by atoms with van der Waals surface area (Å²) in [6, 6.07) is 7.76. The molecule has 0 saturated carbocycles. The van der Waals surface area contributed by atoms with Crippen LogP contribution in [-0.2, 0) is 6.42 Å². The number of aromatic nitrogens is 1. The first kappa shape index (κ1) is 8.51. The highest BCUT2D eigenvalue weighted by Gasteiger charge is 2.04. The Bertz CT molecular complexity index is 484. The van der Waals surface area contributed by atoms with Gasteiger partial charge in [-0.1, -0.05) is 0 Å². The Hall–Kier alpha value is -1.09. The van der Waals surface area contributed by atoms with E-state index in [1.165, 1.54) is 0 Å². The third-order valence-corrected chi connectivity index (χ3v) is 2.30. The van der Waals surface area contributed by atoms with E-state index in [4.69, 9.17) is 9.68 Å². The van der Waals surface area contributed by atoms with E-state index in [1.807, 2.05) is 24.3 Å². The van der Waals surface area contributed by atoms with E-state index in [0.717, 1.165) is 14.7 Å². The molecule has 13 heavy (non-hydrogen) atoms. The van der Waals surface area contributed by atoms with Crippen molar-refractivity contribution in [1.82, 2.24) is 4.98 Å². The number of fused-ring (bicyclic) bond motifs is 1. The third kappa shape index (κ3) is 1.65. The fraction of sp³-hybridized carbons (Fsp3) is 0.111. The third-order valence-electron chi connectivity index (χ3n) is 1.63. The molecule has 0 saturated heterocycles. The highest BCUT2D eigenvalue weighted by atomic mass is 127. The van der Waals surface area contributed by atoms with E-state index < -0.39 is 0 Å². The number of hydrogen-bond acceptors (Lipinski definition) is 3. The molecule has 0 N–H and O–H groups in total. The predicted molar refractivity (Wildman–Crippen MR) is 56.0 cm³/mol. The lowest BCUT2D eigenvalue weighted by Gasteiger charge is -1.86. The lowest BCUT2D eigenvalue weighted by Crippen LogP contribution is -1.77. The molecule has 2 aromatic rings. The maximum Gasteiger partial charge on any atom is 0.209 e. The van der Waals surface area contributed by atoms with E-state index in [-0.39, 0.29) is 6.42 Å². The Morgan fingerprint density at radius 3 is 3.15 bits per heavy atom. The number of benzene rings is 1. The summed E-state index contributed by atoms with van der Waals surface area (Å²) in [5, 5.41) is 8.45. The molecule has 0 atom stereocenters. The minimum atomic E-state index is 0.227. The minimum absolute atomic E-state index is 0.227. The molecular weight excluding hydrogens is 279 g/mol. The van der Waals surface area contributed by atoms with Crippen molar-refractivity contribution in [3.8, 4) is 6.07 Å². The molecule has 0 amide bonds. The zero-order valence-corrected chi connectivity index (χ0v) is 8.78. The van der Waals surface area contributed by atoms with Crippen LogP contribution in [0.2, 0.25) is 0 Å². The molecule has 0 aliphatic carbocycles. The van der Waals surface area contributed by atoms with E-state index in [0.29, 0.717) is 5.89 Å². The summed E-state index contributed by atoms with van der Waals surface area (Å²) in [7, 11) is 0. The Labute approximate surface area is 88.5 Å². The van der Waals surface area contributed by atoms with Crippen LogP contribution in [0.25, 0.3) is 11.1 Å². The van der Waals surface area contributed by atoms with Crippen LogP contribution in [0.4, 0.5) is 0 Å². The molecule has 0 unspecified atom stereocenters. The van der Waals surface area contributed by atoms with Gasteiger partial charge in [0.1, 0.15) is 11.9 Å². The SMILES string of the molecule is N#CCc1nc2ccc(I)cc2o1. The summed E-state index contributed by atoms with van der Waals surface area (Å²) in [6.07, 6.45) is 0.227. The molecule has 0 aliphatic rings. The molecule has 0 bridgehead atoms. The number of hydrogen-bond donors (Lipinski definition) is 0. The van der Waals surface area contributed by atoms with Gasteiger partial charge in [0.05, 0.1) is 6.07 Å². The Morgan fingerprint density at radius 1 is 1.54 bits per heavy atom. The number of oxazole rings is 1. The summed E-state index contributed by atoms with van der Waals surface area (Å²) >= 11 is 2.21. The van der Waals surface area contributed by atoms with Crippen molar-refractivity contribution < 1.29 is 4.42 Å². The molecular formula is C9H5IN2O. The second-order valence-corrected chi connectivity index (χ2v) is 3.80. The van der Waals surface area contributed by atoms with Gasteiger partial charge in [-0.05, 0) is 40.8 Å². The van der Waals surface area contributed by atoms with E-state index in [2.05, 4.69) is 27.6 Å². The van der Waals surface area contributed by atoms with Crippen molar-refractivity contribution >= 4 is 33.7 Å². The maximum absolute atomic E-state index is 8.45. The second-order valence-electron chi connectivity index (χ2n) is 2.55. The molecule has 0 aliphatic heterocycles. The zero-order valence-electron chi connectivity index (χ0n) is 6.62. The zero-order chi connectivity index (χ0) is 9.26. The first-order valence-corrected chi connectivity index (χ1v) is 4.79. The number of rotatable bonds is 1. The highest BCUT2D eigenvalue weighted by Crippen LogP contribution is 2.18. The van der Waals surface area contributed by atoms with Gasteiger partial charge in [-0.15, -0.1) is 0 Å². The van der Waals surface area contributed by atoms with Gasteiger partial charge < -0.3 is 4.42 Å². The van der Waals surface area contributed by atoms with Gasteiger partial charge in [0, 0.05) is 3.57 Å². The Balaban J connectivity index is 2.57. The van der Waals surface area contributed by atoms with Gasteiger partial charge in [0.25, 0.3) is 0 Å². The second kappa shape index (κ2) is 3.34. The summed E-state index contributed by atoms with van der Waals surface area (Å²) in [5.74, 6) is 0.486. The standard InChI is InChI=1S/C9H5IN2O/c10-6-1-2-7-8(5-6)13-9(12-7)3-4-11/h1-2,5H,3H2. The average Bonchev–Trinajstić information content (AvgIpc) is 2.46. The molecule has 2 rings (SSSR count). The van der Waals surface area contributed by atoms with Crippen LogP contribution in [0.1, 0.15) is 5.89 Å². The largest absolute Gasteiger partial charge is 0.440 e. The predicted octanol–water partition coefficient (Wildman–Crippen LogP) is 2.50. The molecule has 1 heterocycles. The van der Waals surface area contributed by atoms with E-state index in [1.54, 1.807) is 0 Å². The summed E-state index contributed by atoms with van der Waals surface area (Å²) in [6.45, 7) is 0. The fourth-order valence-corrected chi connectivity index (χ4v) is 1.55. The smallest absolute Gasteiger partial charge is 0.209 e. The van der Waals surface area contributed by atoms with Crippen LogP contribution in [0.15, 0.2) is 22.6 Å². The number of nitrogens with zero attached hydrogens (tertiary/aromatic N) is 2. The lowest BCUT2D eigenvalue weighted by atomic mass is 10.3. The molecule has 0 radical (unpaired) electrons. The summed E-state index contributed by atoms with van der Waals surface area (Å²) in [5.41, 5.74) is 1.56. The van der Waals surface area contributed by atoms with Gasteiger partial charge in [0.2, 0.25) is 5.89 Å². The molecule has 4 heteroatoms. The lowest BCUT2D eigenvalue weighted by molar-refractivity contribution is 0.548. The minimum Gasteiger partial charge on any atom is -0.440 e. The first-order chi connectivity index (χ1) is 6.29. The van der Waals surface area contributed by atoms with Crippen molar-refractivity contribution in [1.29, 1.82) is 5.26 Å². The molecule has 1 aromatic heterocycles. The molecule has 64 valence electrons. The van der Waals surface area contributed by atoms with Crippen LogP contribution in [0.5, 0.6) is 0 Å². The quantitative estimate of drug-likeness (QED) is 0.756. The van der Waals surface area contributed by atoms with Crippen LogP contribution in [0, 0.1) is 14.9 Å². The summed E-state index contributed by atoms with van der Waals surface area (Å²) in [4.78, 5) is 4.15. The van der Waals surface area contributed by atoms with Crippen LogP contribution >= 0.6 is 22.6 Å². The molecule has 0 spiro atoms. The van der Waals surface area contributed by atoms with Gasteiger partial charge in [-0.3, -0.25) is 0 Å². The Morgan fingerprint density at radius 2 is 2.38 bits per heavy atom. The highest BCUT2D eigenvalue weighted by molar-refractivity contribution is 14.1. The van der Waals surface area contributed by atoms with Gasteiger partial charge in [0.15, 0.2) is 5.58 Å². The normalized spacial score (nSPS) is 10.2. The van der Waals surface area contributed by atoms with E-state index in [9.17, 15) is 0 Å². The maximum atomic E-state index is 8.45. The van der Waals surface area contributed by atoms with Gasteiger partial charge in [-0.2, -0.15) is 5.26 Å². The first-order valence-electron chi connectivity index (χ1n) is 3.71. The van der Waals surface area contributed by atoms with Crippen LogP contribution in [0.3, 0.4) is 0 Å². The molecule has 0 fully saturated rings. The van der Waals surface area contributed by atoms with Crippen molar-refractivity contribution in [2.75, 3.05) is 0 Å². The molecule has 3 nitrogen and oxygen atoms in total.